The molecule has 1 unspecified atom stereocenters. The quantitative estimate of drug-likeness (QED) is 0.0758. The molecule has 0 aliphatic carbocycles. The largest absolute Gasteiger partial charge is 0.470 e. The lowest BCUT2D eigenvalue weighted by atomic mass is 10.0. The zero-order valence-corrected chi connectivity index (χ0v) is 23.8. The van der Waals surface area contributed by atoms with Gasteiger partial charge in [0.05, 0.1) is 21.1 Å². The highest BCUT2D eigenvalue weighted by Gasteiger charge is 2.32. The zero-order valence-electron chi connectivity index (χ0n) is 22.9. The molecule has 2 N–H and O–H groups in total. The Kier molecular flexibility index (Phi) is 20.7. The minimum absolute atomic E-state index is 0.205. The van der Waals surface area contributed by atoms with E-state index < -0.39 is 13.9 Å². The van der Waals surface area contributed by atoms with Crippen LogP contribution in [0.1, 0.15) is 135 Å². The highest BCUT2D eigenvalue weighted by molar-refractivity contribution is 7.46. The summed E-state index contributed by atoms with van der Waals surface area (Å²) < 4.78 is 16.4. The van der Waals surface area contributed by atoms with Crippen LogP contribution < -0.4 is 0 Å². The molecular formula is C27H57NO5P+. The van der Waals surface area contributed by atoms with E-state index in [2.05, 4.69) is 6.92 Å². The number of Topliss-reactive ketones (excluding diaryl/α,β-unsaturated/α-hetero) is 1. The first-order chi connectivity index (χ1) is 16.0. The maximum atomic E-state index is 12.4. The molecule has 1 atom stereocenters. The molecule has 7 heteroatoms. The minimum atomic E-state index is -4.67. The predicted molar refractivity (Wildman–Crippen MR) is 143 cm³/mol. The maximum absolute atomic E-state index is 12.4. The third kappa shape index (κ3) is 24.9. The molecule has 0 heterocycles. The fourth-order valence-corrected chi connectivity index (χ4v) is 4.91. The standard InChI is InChI=1S/C27H56NO5P/c1-5-6-7-8-9-10-11-12-13-14-15-16-17-18-19-20-21-22-23-24-26(29)27(25-28(2,3)4)33-34(30,31)32/h27H,5-25H2,1-4H3,(H-,30,31,32)/p+1. The van der Waals surface area contributed by atoms with E-state index in [0.717, 1.165) is 19.3 Å². The Balaban J connectivity index is 3.55. The second-order valence-corrected chi connectivity index (χ2v) is 12.3. The van der Waals surface area contributed by atoms with Gasteiger partial charge >= 0.3 is 7.82 Å². The average molecular weight is 507 g/mol. The molecule has 0 saturated carbocycles. The van der Waals surface area contributed by atoms with E-state index in [1.54, 1.807) is 0 Å². The number of quaternary nitrogens is 1. The predicted octanol–water partition coefficient (Wildman–Crippen LogP) is 7.56. The molecule has 0 spiro atoms. The van der Waals surface area contributed by atoms with Gasteiger partial charge in [0, 0.05) is 6.42 Å². The van der Waals surface area contributed by atoms with Crippen molar-refractivity contribution in [1.82, 2.24) is 0 Å². The van der Waals surface area contributed by atoms with Crippen molar-refractivity contribution in [3.63, 3.8) is 0 Å². The van der Waals surface area contributed by atoms with E-state index in [4.69, 9.17) is 14.3 Å². The van der Waals surface area contributed by atoms with E-state index >= 15 is 0 Å². The van der Waals surface area contributed by atoms with Crippen molar-refractivity contribution in [3.8, 4) is 0 Å². The van der Waals surface area contributed by atoms with Crippen molar-refractivity contribution in [1.29, 1.82) is 0 Å². The molecule has 0 saturated heterocycles. The van der Waals surface area contributed by atoms with Gasteiger partial charge in [-0.2, -0.15) is 0 Å². The number of likely N-dealkylation sites (N-methyl/N-ethyl adjacent to an activating group) is 1. The van der Waals surface area contributed by atoms with Gasteiger partial charge in [0.25, 0.3) is 0 Å². The molecule has 0 aliphatic heterocycles. The van der Waals surface area contributed by atoms with Gasteiger partial charge in [-0.05, 0) is 6.42 Å². The van der Waals surface area contributed by atoms with Crippen LogP contribution in [0.25, 0.3) is 0 Å². The van der Waals surface area contributed by atoms with E-state index in [1.807, 2.05) is 21.1 Å². The fourth-order valence-electron chi connectivity index (χ4n) is 4.40. The fraction of sp³-hybridized carbons (Fsp3) is 0.963. The van der Waals surface area contributed by atoms with Gasteiger partial charge in [-0.25, -0.2) is 4.57 Å². The number of carbonyl (C=O) groups excluding carboxylic acids is 1. The number of carbonyl (C=O) groups is 1. The SMILES string of the molecule is CCCCCCCCCCCCCCCCCCCCCC(=O)C(C[N+](C)(C)C)OP(=O)(O)O. The van der Waals surface area contributed by atoms with Crippen molar-refractivity contribution in [2.24, 2.45) is 0 Å². The second-order valence-electron chi connectivity index (χ2n) is 11.1. The topological polar surface area (TPSA) is 83.8 Å². The number of hydrogen-bond acceptors (Lipinski definition) is 3. The van der Waals surface area contributed by atoms with Gasteiger partial charge in [0.2, 0.25) is 0 Å². The third-order valence-electron chi connectivity index (χ3n) is 6.36. The second kappa shape index (κ2) is 20.9. The average Bonchev–Trinajstić information content (AvgIpc) is 2.72. The molecule has 0 radical (unpaired) electrons. The summed E-state index contributed by atoms with van der Waals surface area (Å²) in [5.41, 5.74) is 0. The van der Waals surface area contributed by atoms with Gasteiger partial charge < -0.3 is 14.3 Å². The molecule has 0 aliphatic rings. The van der Waals surface area contributed by atoms with E-state index in [1.165, 1.54) is 103 Å². The monoisotopic (exact) mass is 506 g/mol. The van der Waals surface area contributed by atoms with E-state index in [9.17, 15) is 9.36 Å². The Morgan fingerprint density at radius 2 is 1.00 bits per heavy atom. The molecule has 0 rings (SSSR count). The summed E-state index contributed by atoms with van der Waals surface area (Å²) in [5, 5.41) is 0. The molecule has 0 aromatic heterocycles. The van der Waals surface area contributed by atoms with Crippen LogP contribution in [0, 0.1) is 0 Å². The van der Waals surface area contributed by atoms with Crippen molar-refractivity contribution in [3.05, 3.63) is 0 Å². The van der Waals surface area contributed by atoms with Crippen LogP contribution in [0.3, 0.4) is 0 Å². The van der Waals surface area contributed by atoms with Gasteiger partial charge in [-0.15, -0.1) is 0 Å². The molecule has 6 nitrogen and oxygen atoms in total. The number of unbranched alkanes of at least 4 members (excludes halogenated alkanes) is 18. The number of hydrogen-bond donors (Lipinski definition) is 2. The highest BCUT2D eigenvalue weighted by atomic mass is 31.2. The van der Waals surface area contributed by atoms with Crippen LogP contribution in [-0.4, -0.2) is 53.8 Å². The lowest BCUT2D eigenvalue weighted by molar-refractivity contribution is -0.872. The molecule has 0 bridgehead atoms. The first-order valence-electron chi connectivity index (χ1n) is 14.1. The zero-order chi connectivity index (χ0) is 25.7. The minimum Gasteiger partial charge on any atom is -0.328 e. The Morgan fingerprint density at radius 3 is 1.29 bits per heavy atom. The molecule has 0 amide bonds. The summed E-state index contributed by atoms with van der Waals surface area (Å²) in [6.45, 7) is 2.53. The summed E-state index contributed by atoms with van der Waals surface area (Å²) in [5.74, 6) is -0.205. The Morgan fingerprint density at radius 1 is 0.676 bits per heavy atom. The van der Waals surface area contributed by atoms with Crippen LogP contribution in [0.5, 0.6) is 0 Å². The number of phosphoric ester groups is 1. The number of phosphoric acid groups is 1. The van der Waals surface area contributed by atoms with Gasteiger partial charge in [0.15, 0.2) is 11.9 Å². The van der Waals surface area contributed by atoms with Crippen LogP contribution in [-0.2, 0) is 13.9 Å². The van der Waals surface area contributed by atoms with Crippen molar-refractivity contribution in [2.75, 3.05) is 27.7 Å². The summed E-state index contributed by atoms with van der Waals surface area (Å²) in [6.07, 6.45) is 24.1. The summed E-state index contributed by atoms with van der Waals surface area (Å²) >= 11 is 0. The van der Waals surface area contributed by atoms with E-state index in [0.29, 0.717) is 10.9 Å². The molecule has 204 valence electrons. The summed E-state index contributed by atoms with van der Waals surface area (Å²) in [6, 6.07) is 0. The smallest absolute Gasteiger partial charge is 0.328 e. The van der Waals surface area contributed by atoms with Gasteiger partial charge in [-0.3, -0.25) is 9.32 Å². The van der Waals surface area contributed by atoms with Crippen molar-refractivity contribution in [2.45, 2.75) is 141 Å². The Hall–Kier alpha value is -0.260. The number of nitrogens with zero attached hydrogens (tertiary/aromatic N) is 1. The van der Waals surface area contributed by atoms with Gasteiger partial charge in [0.1, 0.15) is 6.54 Å². The maximum Gasteiger partial charge on any atom is 0.470 e. The van der Waals surface area contributed by atoms with Crippen LogP contribution in [0.15, 0.2) is 0 Å². The van der Waals surface area contributed by atoms with Crippen molar-refractivity contribution >= 4 is 13.6 Å². The molecular weight excluding hydrogens is 449 g/mol. The Labute approximate surface area is 211 Å². The van der Waals surface area contributed by atoms with Gasteiger partial charge in [-0.1, -0.05) is 122 Å². The van der Waals surface area contributed by atoms with Crippen LogP contribution in [0.2, 0.25) is 0 Å². The molecule has 34 heavy (non-hydrogen) atoms. The first kappa shape index (κ1) is 33.7. The number of rotatable bonds is 25. The van der Waals surface area contributed by atoms with Crippen molar-refractivity contribution < 1.29 is 28.2 Å². The van der Waals surface area contributed by atoms with Crippen LogP contribution in [0.4, 0.5) is 0 Å². The first-order valence-corrected chi connectivity index (χ1v) is 15.7. The molecule has 0 fully saturated rings. The lowest BCUT2D eigenvalue weighted by Crippen LogP contribution is -2.45. The summed E-state index contributed by atoms with van der Waals surface area (Å²) in [7, 11) is 0.955. The highest BCUT2D eigenvalue weighted by Crippen LogP contribution is 2.38. The molecule has 0 aromatic carbocycles. The van der Waals surface area contributed by atoms with E-state index in [-0.39, 0.29) is 12.3 Å². The van der Waals surface area contributed by atoms with Crippen LogP contribution >= 0.6 is 7.82 Å². The Bertz CT molecular complexity index is 530. The normalized spacial score (nSPS) is 13.4. The molecule has 0 aromatic rings. The number of ketones is 1. The summed E-state index contributed by atoms with van der Waals surface area (Å²) in [4.78, 5) is 30.6. The third-order valence-corrected chi connectivity index (χ3v) is 6.89. The lowest BCUT2D eigenvalue weighted by Gasteiger charge is -2.28.